The molecule has 0 amide bonds. The summed E-state index contributed by atoms with van der Waals surface area (Å²) in [5.41, 5.74) is 2.34. The summed E-state index contributed by atoms with van der Waals surface area (Å²) >= 11 is 0. The second-order valence-electron chi connectivity index (χ2n) is 6.55. The van der Waals surface area contributed by atoms with E-state index in [-0.39, 0.29) is 5.69 Å². The summed E-state index contributed by atoms with van der Waals surface area (Å²) in [5.74, 6) is 0.295. The number of benzene rings is 3. The molecule has 0 aromatic heterocycles. The number of ether oxygens (including phenoxy) is 2. The first-order valence-corrected chi connectivity index (χ1v) is 9.50. The molecule has 0 aliphatic carbocycles. The predicted molar refractivity (Wildman–Crippen MR) is 121 cm³/mol. The van der Waals surface area contributed by atoms with E-state index < -0.39 is 10.9 Å². The van der Waals surface area contributed by atoms with Crippen molar-refractivity contribution in [3.63, 3.8) is 0 Å². The third-order valence-corrected chi connectivity index (χ3v) is 4.42. The molecule has 0 unspecified atom stereocenters. The molecule has 3 rings (SSSR count). The molecule has 0 fully saturated rings. The maximum Gasteiger partial charge on any atom is 0.336 e. The second-order valence-corrected chi connectivity index (χ2v) is 6.55. The fourth-order valence-corrected chi connectivity index (χ4v) is 2.89. The Bertz CT molecular complexity index is 1240. The number of allylic oxidation sites excluding steroid dienone is 1. The Labute approximate surface area is 184 Å². The molecule has 0 heterocycles. The van der Waals surface area contributed by atoms with E-state index in [4.69, 9.17) is 9.47 Å². The average molecular weight is 426 g/mol. The highest BCUT2D eigenvalue weighted by molar-refractivity contribution is 5.92. The minimum absolute atomic E-state index is 0.0283. The van der Waals surface area contributed by atoms with E-state index in [1.54, 1.807) is 42.5 Å². The van der Waals surface area contributed by atoms with Gasteiger partial charge in [-0.2, -0.15) is 5.26 Å². The number of carbonyl (C=O) groups is 1. The summed E-state index contributed by atoms with van der Waals surface area (Å²) in [7, 11) is 1.54. The summed E-state index contributed by atoms with van der Waals surface area (Å²) in [6.07, 6.45) is 4.42. The molecule has 32 heavy (non-hydrogen) atoms. The Morgan fingerprint density at radius 2 is 1.78 bits per heavy atom. The number of hydrogen-bond donors (Lipinski definition) is 0. The molecule has 158 valence electrons. The summed E-state index contributed by atoms with van der Waals surface area (Å²) < 4.78 is 10.7. The topological polar surface area (TPSA) is 102 Å². The molecule has 0 saturated heterocycles. The quantitative estimate of drug-likeness (QED) is 0.0968. The van der Waals surface area contributed by atoms with Crippen molar-refractivity contribution in [2.75, 3.05) is 7.11 Å². The van der Waals surface area contributed by atoms with Gasteiger partial charge in [-0.15, -0.1) is 0 Å². The second kappa shape index (κ2) is 10.4. The van der Waals surface area contributed by atoms with Crippen LogP contribution in [0.4, 0.5) is 5.69 Å². The van der Waals surface area contributed by atoms with Crippen LogP contribution in [-0.4, -0.2) is 18.0 Å². The van der Waals surface area contributed by atoms with E-state index >= 15 is 0 Å². The van der Waals surface area contributed by atoms with Crippen LogP contribution in [-0.2, 0) is 4.79 Å². The van der Waals surface area contributed by atoms with Gasteiger partial charge in [0.05, 0.1) is 23.7 Å². The number of esters is 1. The zero-order chi connectivity index (χ0) is 22.9. The fourth-order valence-electron chi connectivity index (χ4n) is 2.89. The Morgan fingerprint density at radius 3 is 2.47 bits per heavy atom. The summed E-state index contributed by atoms with van der Waals surface area (Å²) in [6, 6.07) is 21.9. The van der Waals surface area contributed by atoms with Crippen LogP contribution in [0, 0.1) is 21.4 Å². The lowest BCUT2D eigenvalue weighted by atomic mass is 10.0. The molecule has 0 aliphatic heterocycles. The molecule has 7 nitrogen and oxygen atoms in total. The molecule has 3 aromatic carbocycles. The number of nitro benzene ring substituents is 1. The molecule has 0 atom stereocenters. The standard InChI is InChI=1S/C25H18N2O5/c1-31-24-8-3-2-7-23(24)20(17-26)15-19-5-4-6-22(16-19)32-25(28)14-11-18-9-12-21(13-10-18)27(29)30/h2-16H,1H3/b14-11+,20-15-. The van der Waals surface area contributed by atoms with Crippen molar-refractivity contribution in [2.45, 2.75) is 0 Å². The molecule has 0 saturated carbocycles. The van der Waals surface area contributed by atoms with Crippen molar-refractivity contribution in [3.05, 3.63) is 106 Å². The van der Waals surface area contributed by atoms with Crippen LogP contribution in [0.1, 0.15) is 16.7 Å². The van der Waals surface area contributed by atoms with E-state index in [1.165, 1.54) is 43.5 Å². The van der Waals surface area contributed by atoms with Crippen LogP contribution in [0.5, 0.6) is 11.5 Å². The van der Waals surface area contributed by atoms with Crippen LogP contribution in [0.15, 0.2) is 78.9 Å². The first kappa shape index (κ1) is 22.0. The normalized spacial score (nSPS) is 11.1. The maximum atomic E-state index is 12.2. The summed E-state index contributed by atoms with van der Waals surface area (Å²) in [6.45, 7) is 0. The predicted octanol–water partition coefficient (Wildman–Crippen LogP) is 5.29. The Balaban J connectivity index is 1.74. The molecule has 3 aromatic rings. The third-order valence-electron chi connectivity index (χ3n) is 4.42. The Kier molecular flexibility index (Phi) is 7.12. The number of rotatable bonds is 7. The minimum Gasteiger partial charge on any atom is -0.496 e. The highest BCUT2D eigenvalue weighted by Crippen LogP contribution is 2.27. The van der Waals surface area contributed by atoms with Gasteiger partial charge >= 0.3 is 5.97 Å². The van der Waals surface area contributed by atoms with Gasteiger partial charge in [-0.25, -0.2) is 4.79 Å². The monoisotopic (exact) mass is 426 g/mol. The van der Waals surface area contributed by atoms with Gasteiger partial charge in [-0.05, 0) is 59.7 Å². The van der Waals surface area contributed by atoms with Crippen molar-refractivity contribution >= 4 is 29.4 Å². The number of carbonyl (C=O) groups excluding carboxylic acids is 1. The number of para-hydroxylation sites is 1. The average Bonchev–Trinajstić information content (AvgIpc) is 2.81. The van der Waals surface area contributed by atoms with E-state index in [0.717, 1.165) is 0 Å². The maximum absolute atomic E-state index is 12.2. The number of nitriles is 1. The molecular formula is C25H18N2O5. The number of nitro groups is 1. The van der Waals surface area contributed by atoms with Gasteiger partial charge in [0.25, 0.3) is 5.69 Å². The molecule has 0 spiro atoms. The zero-order valence-electron chi connectivity index (χ0n) is 17.1. The largest absolute Gasteiger partial charge is 0.496 e. The van der Waals surface area contributed by atoms with Crippen LogP contribution in [0.3, 0.4) is 0 Å². The van der Waals surface area contributed by atoms with Gasteiger partial charge in [0.2, 0.25) is 0 Å². The minimum atomic E-state index is -0.602. The van der Waals surface area contributed by atoms with Crippen LogP contribution in [0.25, 0.3) is 17.7 Å². The first-order valence-electron chi connectivity index (χ1n) is 9.50. The molecule has 0 radical (unpaired) electrons. The zero-order valence-corrected chi connectivity index (χ0v) is 17.1. The summed E-state index contributed by atoms with van der Waals surface area (Å²) in [5, 5.41) is 20.3. The fraction of sp³-hybridized carbons (Fsp3) is 0.0400. The van der Waals surface area contributed by atoms with E-state index in [0.29, 0.717) is 33.8 Å². The van der Waals surface area contributed by atoms with Gasteiger partial charge in [0.15, 0.2) is 0 Å². The molecule has 0 aliphatic rings. The number of methoxy groups -OCH3 is 1. The lowest BCUT2D eigenvalue weighted by molar-refractivity contribution is -0.384. The van der Waals surface area contributed by atoms with Gasteiger partial charge < -0.3 is 9.47 Å². The van der Waals surface area contributed by atoms with Crippen molar-refractivity contribution in [3.8, 4) is 17.6 Å². The van der Waals surface area contributed by atoms with Crippen molar-refractivity contribution < 1.29 is 19.2 Å². The molecule has 7 heteroatoms. The molecule has 0 N–H and O–H groups in total. The molecule has 0 bridgehead atoms. The highest BCUT2D eigenvalue weighted by Gasteiger charge is 2.08. The van der Waals surface area contributed by atoms with Crippen LogP contribution < -0.4 is 9.47 Å². The van der Waals surface area contributed by atoms with Crippen molar-refractivity contribution in [1.29, 1.82) is 5.26 Å². The number of hydrogen-bond acceptors (Lipinski definition) is 6. The van der Waals surface area contributed by atoms with Crippen molar-refractivity contribution in [2.24, 2.45) is 0 Å². The third kappa shape index (κ3) is 5.68. The Hall–Kier alpha value is -4.70. The molecular weight excluding hydrogens is 408 g/mol. The SMILES string of the molecule is COc1ccccc1/C(C#N)=C\c1cccc(OC(=O)/C=C/c2ccc([N+](=O)[O-])cc2)c1. The number of non-ortho nitro benzene ring substituents is 1. The highest BCUT2D eigenvalue weighted by atomic mass is 16.6. The van der Waals surface area contributed by atoms with Gasteiger partial charge in [-0.1, -0.05) is 24.3 Å². The Morgan fingerprint density at radius 1 is 1.03 bits per heavy atom. The van der Waals surface area contributed by atoms with E-state index in [2.05, 4.69) is 6.07 Å². The van der Waals surface area contributed by atoms with E-state index in [1.807, 2.05) is 12.1 Å². The van der Waals surface area contributed by atoms with Crippen LogP contribution >= 0.6 is 0 Å². The van der Waals surface area contributed by atoms with Gasteiger partial charge in [0, 0.05) is 23.8 Å². The van der Waals surface area contributed by atoms with Crippen LogP contribution in [0.2, 0.25) is 0 Å². The van der Waals surface area contributed by atoms with Crippen molar-refractivity contribution in [1.82, 2.24) is 0 Å². The van der Waals surface area contributed by atoms with Gasteiger partial charge in [-0.3, -0.25) is 10.1 Å². The van der Waals surface area contributed by atoms with E-state index in [9.17, 15) is 20.2 Å². The first-order chi connectivity index (χ1) is 15.5. The van der Waals surface area contributed by atoms with Gasteiger partial charge in [0.1, 0.15) is 11.5 Å². The lowest BCUT2D eigenvalue weighted by Gasteiger charge is -2.07. The smallest absolute Gasteiger partial charge is 0.336 e. The lowest BCUT2D eigenvalue weighted by Crippen LogP contribution is -2.03. The number of nitrogens with zero attached hydrogens (tertiary/aromatic N) is 2. The summed E-state index contributed by atoms with van der Waals surface area (Å²) in [4.78, 5) is 22.4.